The second-order valence-corrected chi connectivity index (χ2v) is 4.30. The van der Waals surface area contributed by atoms with Gasteiger partial charge in [-0.3, -0.25) is 10.1 Å². The zero-order valence-electron chi connectivity index (χ0n) is 11.2. The van der Waals surface area contributed by atoms with E-state index in [1.807, 2.05) is 0 Å². The van der Waals surface area contributed by atoms with E-state index < -0.39 is 39.6 Å². The minimum atomic E-state index is -4.97. The summed E-state index contributed by atoms with van der Waals surface area (Å²) < 4.78 is 44.2. The largest absolute Gasteiger partial charge is 0.545 e. The molecule has 0 aliphatic heterocycles. The molecule has 0 atom stereocenters. The van der Waals surface area contributed by atoms with Crippen molar-refractivity contribution in [3.8, 4) is 11.5 Å². The molecule has 2 aromatic rings. The van der Waals surface area contributed by atoms with Crippen LogP contribution in [0.1, 0.15) is 15.9 Å². The van der Waals surface area contributed by atoms with E-state index in [0.717, 1.165) is 0 Å². The number of carboxylic acids is 1. The molecule has 0 saturated carbocycles. The van der Waals surface area contributed by atoms with Gasteiger partial charge in [0.15, 0.2) is 0 Å². The number of alkyl halides is 3. The number of nitro groups is 1. The molecule has 0 radical (unpaired) electrons. The average Bonchev–Trinajstić information content (AvgIpc) is 2.46. The molecule has 9 heteroatoms. The van der Waals surface area contributed by atoms with Crippen LogP contribution in [0.5, 0.6) is 11.5 Å². The Labute approximate surface area is 126 Å². The molecule has 0 N–H and O–H groups in total. The molecule has 0 spiro atoms. The van der Waals surface area contributed by atoms with Crippen LogP contribution in [0.25, 0.3) is 0 Å². The molecule has 120 valence electrons. The van der Waals surface area contributed by atoms with Crippen molar-refractivity contribution in [2.75, 3.05) is 0 Å². The van der Waals surface area contributed by atoms with Gasteiger partial charge in [0.25, 0.3) is 0 Å². The van der Waals surface area contributed by atoms with Crippen LogP contribution in [-0.2, 0) is 6.18 Å². The lowest BCUT2D eigenvalue weighted by Crippen LogP contribution is -2.24. The second kappa shape index (κ2) is 5.95. The van der Waals surface area contributed by atoms with Gasteiger partial charge in [-0.15, -0.1) is 0 Å². The van der Waals surface area contributed by atoms with E-state index in [1.165, 1.54) is 24.3 Å². The van der Waals surface area contributed by atoms with Gasteiger partial charge in [0.05, 0.1) is 16.5 Å². The van der Waals surface area contributed by atoms with E-state index in [0.29, 0.717) is 12.1 Å². The van der Waals surface area contributed by atoms with Crippen molar-refractivity contribution in [3.05, 3.63) is 63.7 Å². The maximum absolute atomic E-state index is 13.1. The maximum atomic E-state index is 13.1. The number of halogens is 3. The summed E-state index contributed by atoms with van der Waals surface area (Å²) in [5.74, 6) is -3.30. The monoisotopic (exact) mass is 326 g/mol. The summed E-state index contributed by atoms with van der Waals surface area (Å²) in [6.07, 6.45) is -4.97. The Bertz CT molecular complexity index is 759. The van der Waals surface area contributed by atoms with E-state index in [-0.39, 0.29) is 5.75 Å². The molecule has 0 bridgehead atoms. The Morgan fingerprint density at radius 1 is 1.09 bits per heavy atom. The van der Waals surface area contributed by atoms with Crippen molar-refractivity contribution >= 4 is 11.7 Å². The van der Waals surface area contributed by atoms with Gasteiger partial charge in [0.1, 0.15) is 11.3 Å². The number of hydrogen-bond donors (Lipinski definition) is 0. The third kappa shape index (κ3) is 3.39. The van der Waals surface area contributed by atoms with Gasteiger partial charge in [0.2, 0.25) is 5.75 Å². The lowest BCUT2D eigenvalue weighted by atomic mass is 10.1. The van der Waals surface area contributed by atoms with Crippen molar-refractivity contribution in [3.63, 3.8) is 0 Å². The number of hydrogen-bond acceptors (Lipinski definition) is 5. The molecule has 2 rings (SSSR count). The molecule has 0 unspecified atom stereocenters. The minimum Gasteiger partial charge on any atom is -0.545 e. The van der Waals surface area contributed by atoms with Crippen LogP contribution in [0.4, 0.5) is 18.9 Å². The number of carbonyl (C=O) groups excluding carboxylic acids is 1. The zero-order chi connectivity index (χ0) is 17.2. The third-order valence-corrected chi connectivity index (χ3v) is 2.80. The summed E-state index contributed by atoms with van der Waals surface area (Å²) in [5.41, 5.74) is -3.78. The number of para-hydroxylation sites is 1. The second-order valence-electron chi connectivity index (χ2n) is 4.30. The van der Waals surface area contributed by atoms with E-state index in [2.05, 4.69) is 0 Å². The molecule has 0 heterocycles. The molecule has 23 heavy (non-hydrogen) atoms. The van der Waals surface area contributed by atoms with Crippen molar-refractivity contribution in [1.29, 1.82) is 0 Å². The molecule has 0 aliphatic carbocycles. The summed E-state index contributed by atoms with van der Waals surface area (Å²) in [4.78, 5) is 20.8. The van der Waals surface area contributed by atoms with Crippen molar-refractivity contribution < 1.29 is 32.7 Å². The Kier molecular flexibility index (Phi) is 4.21. The molecule has 2 aromatic carbocycles. The number of benzene rings is 2. The van der Waals surface area contributed by atoms with Crippen LogP contribution in [-0.4, -0.2) is 10.9 Å². The first-order valence-corrected chi connectivity index (χ1v) is 6.04. The number of nitro benzene ring substituents is 1. The Morgan fingerprint density at radius 3 is 2.17 bits per heavy atom. The van der Waals surface area contributed by atoms with Gasteiger partial charge in [-0.05, 0) is 24.3 Å². The Hall–Kier alpha value is -3.10. The Balaban J connectivity index is 2.74. The van der Waals surface area contributed by atoms with Crippen molar-refractivity contribution in [1.82, 2.24) is 0 Å². The molecular weight excluding hydrogens is 319 g/mol. The van der Waals surface area contributed by atoms with Crippen LogP contribution in [0.15, 0.2) is 42.5 Å². The van der Waals surface area contributed by atoms with Gasteiger partial charge >= 0.3 is 11.9 Å². The average molecular weight is 326 g/mol. The maximum Gasteiger partial charge on any atom is 0.420 e. The third-order valence-electron chi connectivity index (χ3n) is 2.80. The zero-order valence-corrected chi connectivity index (χ0v) is 11.2. The summed E-state index contributed by atoms with van der Waals surface area (Å²) >= 11 is 0. The number of aromatic carboxylic acids is 1. The molecule has 0 aromatic heterocycles. The SMILES string of the molecule is O=C([O-])c1ccc(C(F)(F)F)c(Oc2ccccc2)c1[N+](=O)[O-]. The molecule has 0 aliphatic rings. The first-order chi connectivity index (χ1) is 10.7. The molecule has 0 amide bonds. The van der Waals surface area contributed by atoms with Gasteiger partial charge < -0.3 is 14.6 Å². The fraction of sp³-hybridized carbons (Fsp3) is 0.0714. The number of rotatable bonds is 4. The van der Waals surface area contributed by atoms with Crippen LogP contribution < -0.4 is 9.84 Å². The highest BCUT2D eigenvalue weighted by Gasteiger charge is 2.40. The van der Waals surface area contributed by atoms with Gasteiger partial charge in [-0.2, -0.15) is 13.2 Å². The fourth-order valence-corrected chi connectivity index (χ4v) is 1.85. The van der Waals surface area contributed by atoms with Gasteiger partial charge in [0, 0.05) is 0 Å². The van der Waals surface area contributed by atoms with Crippen molar-refractivity contribution in [2.45, 2.75) is 6.18 Å². The molecular formula is C14H7F3NO5-. The minimum absolute atomic E-state index is 0.114. The summed E-state index contributed by atoms with van der Waals surface area (Å²) in [6, 6.07) is 7.85. The predicted octanol–water partition coefficient (Wildman–Crippen LogP) is 2.77. The highest BCUT2D eigenvalue weighted by Crippen LogP contribution is 2.44. The van der Waals surface area contributed by atoms with E-state index in [9.17, 15) is 33.2 Å². The first kappa shape index (κ1) is 16.3. The summed E-state index contributed by atoms with van der Waals surface area (Å²) in [6.45, 7) is 0. The Morgan fingerprint density at radius 2 is 1.70 bits per heavy atom. The normalized spacial score (nSPS) is 11.1. The predicted molar refractivity (Wildman–Crippen MR) is 68.9 cm³/mol. The smallest absolute Gasteiger partial charge is 0.420 e. The highest BCUT2D eigenvalue weighted by atomic mass is 19.4. The highest BCUT2D eigenvalue weighted by molar-refractivity contribution is 5.92. The van der Waals surface area contributed by atoms with Crippen LogP contribution >= 0.6 is 0 Å². The summed E-state index contributed by atoms with van der Waals surface area (Å²) in [5, 5.41) is 22.0. The molecule has 0 fully saturated rings. The van der Waals surface area contributed by atoms with Gasteiger partial charge in [-0.25, -0.2) is 0 Å². The van der Waals surface area contributed by atoms with Crippen molar-refractivity contribution in [2.24, 2.45) is 0 Å². The number of carbonyl (C=O) groups is 1. The topological polar surface area (TPSA) is 92.5 Å². The quantitative estimate of drug-likeness (QED) is 0.636. The van der Waals surface area contributed by atoms with Crippen LogP contribution in [0.2, 0.25) is 0 Å². The van der Waals surface area contributed by atoms with E-state index >= 15 is 0 Å². The first-order valence-electron chi connectivity index (χ1n) is 6.04. The van der Waals surface area contributed by atoms with Crippen LogP contribution in [0, 0.1) is 10.1 Å². The standard InChI is InChI=1S/C14H8F3NO5/c15-14(16,17)10-7-6-9(13(19)20)11(18(21)22)12(10)23-8-4-2-1-3-5-8/h1-7H,(H,19,20)/p-1. The molecule has 6 nitrogen and oxygen atoms in total. The number of ether oxygens (including phenoxy) is 1. The fourth-order valence-electron chi connectivity index (χ4n) is 1.85. The van der Waals surface area contributed by atoms with E-state index in [1.54, 1.807) is 6.07 Å². The van der Waals surface area contributed by atoms with Gasteiger partial charge in [-0.1, -0.05) is 18.2 Å². The number of carboxylic acid groups (broad SMARTS) is 1. The lowest BCUT2D eigenvalue weighted by Gasteiger charge is -2.16. The lowest BCUT2D eigenvalue weighted by molar-refractivity contribution is -0.386. The number of nitrogens with zero attached hydrogens (tertiary/aromatic N) is 1. The summed E-state index contributed by atoms with van der Waals surface area (Å²) in [7, 11) is 0. The molecule has 0 saturated heterocycles. The van der Waals surface area contributed by atoms with Crippen LogP contribution in [0.3, 0.4) is 0 Å². The van der Waals surface area contributed by atoms with E-state index in [4.69, 9.17) is 4.74 Å².